The molecule has 2 heteroatoms. The Hall–Kier alpha value is -1.85. The maximum Gasteiger partial charge on any atom is 0.123 e. The Morgan fingerprint density at radius 2 is 1.45 bits per heavy atom. The maximum absolute atomic E-state index is 10.3. The molecule has 3 rings (SSSR count). The van der Waals surface area contributed by atoms with Crippen LogP contribution in [0, 0.1) is 0 Å². The summed E-state index contributed by atoms with van der Waals surface area (Å²) < 4.78 is 0. The molecule has 1 atom stereocenters. The fourth-order valence-electron chi connectivity index (χ4n) is 2.61. The van der Waals surface area contributed by atoms with Crippen molar-refractivity contribution >= 4 is 18.5 Å². The van der Waals surface area contributed by atoms with E-state index < -0.39 is 7.92 Å². The molecule has 100 valence electrons. The standard InChI is InChI=1S/C18H17OP/c1-18(13-7-8-14-18)20(15-9-3-2-4-10-15)17-12-6-5-11-16(17)19/h2-14,19H,1H3. The number of phenolic OH excluding ortho intramolecular Hbond substituents is 1. The van der Waals surface area contributed by atoms with Crippen molar-refractivity contribution in [2.45, 2.75) is 12.1 Å². The number of phenols is 1. The summed E-state index contributed by atoms with van der Waals surface area (Å²) in [7, 11) is -0.678. The van der Waals surface area contributed by atoms with Gasteiger partial charge in [0.1, 0.15) is 5.75 Å². The molecule has 1 nitrogen and oxygen atoms in total. The first kappa shape index (κ1) is 13.1. The van der Waals surface area contributed by atoms with Crippen LogP contribution in [0.5, 0.6) is 5.75 Å². The molecule has 2 aromatic carbocycles. The number of benzene rings is 2. The highest BCUT2D eigenvalue weighted by molar-refractivity contribution is 7.75. The second-order valence-corrected chi connectivity index (χ2v) is 7.74. The van der Waals surface area contributed by atoms with E-state index in [1.165, 1.54) is 5.30 Å². The predicted octanol–water partition coefficient (Wildman–Crippen LogP) is 3.71. The summed E-state index contributed by atoms with van der Waals surface area (Å²) in [6.45, 7) is 2.23. The zero-order valence-electron chi connectivity index (χ0n) is 11.4. The summed E-state index contributed by atoms with van der Waals surface area (Å²) in [6, 6.07) is 18.2. The molecule has 0 radical (unpaired) electrons. The summed E-state index contributed by atoms with van der Waals surface area (Å²) >= 11 is 0. The van der Waals surface area contributed by atoms with Crippen LogP contribution in [0.3, 0.4) is 0 Å². The molecule has 0 saturated heterocycles. The molecule has 0 bridgehead atoms. The lowest BCUT2D eigenvalue weighted by Crippen LogP contribution is -2.27. The van der Waals surface area contributed by atoms with Gasteiger partial charge in [0.05, 0.1) is 0 Å². The molecule has 1 unspecified atom stereocenters. The number of allylic oxidation sites excluding steroid dienone is 4. The second kappa shape index (κ2) is 5.26. The van der Waals surface area contributed by atoms with E-state index in [1.807, 2.05) is 24.3 Å². The van der Waals surface area contributed by atoms with E-state index in [0.717, 1.165) is 5.30 Å². The van der Waals surface area contributed by atoms with Crippen LogP contribution in [0.1, 0.15) is 6.92 Å². The zero-order chi connectivity index (χ0) is 14.0. The molecule has 0 fully saturated rings. The van der Waals surface area contributed by atoms with Crippen LogP contribution >= 0.6 is 7.92 Å². The van der Waals surface area contributed by atoms with Gasteiger partial charge in [0, 0.05) is 10.5 Å². The average Bonchev–Trinajstić information content (AvgIpc) is 2.90. The molecular weight excluding hydrogens is 263 g/mol. The normalized spacial score (nSPS) is 17.2. The van der Waals surface area contributed by atoms with Gasteiger partial charge < -0.3 is 5.11 Å². The monoisotopic (exact) mass is 280 g/mol. The molecule has 0 saturated carbocycles. The van der Waals surface area contributed by atoms with E-state index >= 15 is 0 Å². The number of hydrogen-bond acceptors (Lipinski definition) is 1. The average molecular weight is 280 g/mol. The van der Waals surface area contributed by atoms with Crippen molar-refractivity contribution in [2.75, 3.05) is 0 Å². The van der Waals surface area contributed by atoms with Crippen LogP contribution in [0.2, 0.25) is 0 Å². The minimum Gasteiger partial charge on any atom is -0.507 e. The van der Waals surface area contributed by atoms with Crippen LogP contribution in [0.4, 0.5) is 0 Å². The van der Waals surface area contributed by atoms with E-state index in [0.29, 0.717) is 5.75 Å². The van der Waals surface area contributed by atoms with E-state index in [1.54, 1.807) is 6.07 Å². The summed E-state index contributed by atoms with van der Waals surface area (Å²) in [5.41, 5.74) is 0. The molecule has 1 aliphatic carbocycles. The maximum atomic E-state index is 10.3. The lowest BCUT2D eigenvalue weighted by molar-refractivity contribution is 0.479. The Morgan fingerprint density at radius 3 is 2.10 bits per heavy atom. The SMILES string of the molecule is CC1(P(c2ccccc2)c2ccccc2O)C=CC=C1. The third kappa shape index (κ3) is 2.30. The molecule has 0 aliphatic heterocycles. The van der Waals surface area contributed by atoms with Crippen LogP contribution in [0.15, 0.2) is 78.9 Å². The zero-order valence-corrected chi connectivity index (χ0v) is 12.3. The van der Waals surface area contributed by atoms with Crippen molar-refractivity contribution in [3.05, 3.63) is 78.9 Å². The number of hydrogen-bond donors (Lipinski definition) is 1. The molecule has 0 heterocycles. The van der Waals surface area contributed by atoms with Crippen LogP contribution in [-0.4, -0.2) is 10.3 Å². The number of rotatable bonds is 3. The molecule has 1 N–H and O–H groups in total. The molecule has 0 amide bonds. The number of aromatic hydroxyl groups is 1. The minimum absolute atomic E-state index is 0.0461. The van der Waals surface area contributed by atoms with E-state index in [9.17, 15) is 5.11 Å². The smallest absolute Gasteiger partial charge is 0.123 e. The molecule has 0 aromatic heterocycles. The first-order chi connectivity index (χ1) is 9.71. The van der Waals surface area contributed by atoms with Crippen LogP contribution < -0.4 is 10.6 Å². The molecule has 20 heavy (non-hydrogen) atoms. The molecular formula is C18H17OP. The first-order valence-corrected chi connectivity index (χ1v) is 8.05. The van der Waals surface area contributed by atoms with Crippen LogP contribution in [-0.2, 0) is 0 Å². The van der Waals surface area contributed by atoms with Crippen molar-refractivity contribution in [1.82, 2.24) is 0 Å². The Kier molecular flexibility index (Phi) is 3.46. The second-order valence-electron chi connectivity index (χ2n) is 5.10. The minimum atomic E-state index is -0.678. The van der Waals surface area contributed by atoms with Gasteiger partial charge in [-0.2, -0.15) is 0 Å². The fourth-order valence-corrected chi connectivity index (χ4v) is 5.45. The van der Waals surface area contributed by atoms with Gasteiger partial charge in [-0.15, -0.1) is 0 Å². The lowest BCUT2D eigenvalue weighted by atomic mass is 10.2. The molecule has 0 spiro atoms. The first-order valence-electron chi connectivity index (χ1n) is 6.71. The van der Waals surface area contributed by atoms with Crippen molar-refractivity contribution in [1.29, 1.82) is 0 Å². The van der Waals surface area contributed by atoms with Gasteiger partial charge in [0.15, 0.2) is 0 Å². The van der Waals surface area contributed by atoms with Gasteiger partial charge in [0.2, 0.25) is 0 Å². The topological polar surface area (TPSA) is 20.2 Å². The van der Waals surface area contributed by atoms with E-state index in [-0.39, 0.29) is 5.16 Å². The van der Waals surface area contributed by atoms with Gasteiger partial charge in [-0.1, -0.05) is 72.8 Å². The summed E-state index contributed by atoms with van der Waals surface area (Å²) in [4.78, 5) is 0. The Morgan fingerprint density at radius 1 is 0.850 bits per heavy atom. The summed E-state index contributed by atoms with van der Waals surface area (Å²) in [5.74, 6) is 0.386. The largest absolute Gasteiger partial charge is 0.507 e. The Labute approximate surface area is 121 Å². The van der Waals surface area contributed by atoms with Crippen molar-refractivity contribution in [2.24, 2.45) is 0 Å². The van der Waals surface area contributed by atoms with Gasteiger partial charge in [0.25, 0.3) is 0 Å². The predicted molar refractivity (Wildman–Crippen MR) is 87.4 cm³/mol. The number of para-hydroxylation sites is 1. The quantitative estimate of drug-likeness (QED) is 0.850. The highest BCUT2D eigenvalue weighted by Crippen LogP contribution is 2.52. The van der Waals surface area contributed by atoms with Gasteiger partial charge >= 0.3 is 0 Å². The molecule has 1 aliphatic rings. The Bertz CT molecular complexity index is 646. The summed E-state index contributed by atoms with van der Waals surface area (Å²) in [5, 5.41) is 12.6. The molecule has 2 aromatic rings. The highest BCUT2D eigenvalue weighted by Gasteiger charge is 2.34. The Balaban J connectivity index is 2.17. The van der Waals surface area contributed by atoms with Crippen molar-refractivity contribution in [3.63, 3.8) is 0 Å². The highest BCUT2D eigenvalue weighted by atomic mass is 31.1. The van der Waals surface area contributed by atoms with Crippen molar-refractivity contribution in [3.8, 4) is 5.75 Å². The van der Waals surface area contributed by atoms with Gasteiger partial charge in [-0.3, -0.25) is 0 Å². The van der Waals surface area contributed by atoms with E-state index in [2.05, 4.69) is 55.5 Å². The van der Waals surface area contributed by atoms with Crippen LogP contribution in [0.25, 0.3) is 0 Å². The van der Waals surface area contributed by atoms with Gasteiger partial charge in [-0.05, 0) is 26.2 Å². The fraction of sp³-hybridized carbons (Fsp3) is 0.111. The third-order valence-corrected chi connectivity index (χ3v) is 6.53. The summed E-state index contributed by atoms with van der Waals surface area (Å²) in [6.07, 6.45) is 8.66. The van der Waals surface area contributed by atoms with Crippen molar-refractivity contribution < 1.29 is 5.11 Å². The third-order valence-electron chi connectivity index (χ3n) is 3.60. The van der Waals surface area contributed by atoms with E-state index in [4.69, 9.17) is 0 Å². The lowest BCUT2D eigenvalue weighted by Gasteiger charge is -2.33. The van der Waals surface area contributed by atoms with Gasteiger partial charge in [-0.25, -0.2) is 0 Å².